The van der Waals surface area contributed by atoms with Crippen molar-refractivity contribution in [2.75, 3.05) is 0 Å². The van der Waals surface area contributed by atoms with Gasteiger partial charge in [0.2, 0.25) is 0 Å². The number of imidazole rings is 1. The molecule has 2 aromatic carbocycles. The molecule has 0 bridgehead atoms. The van der Waals surface area contributed by atoms with E-state index < -0.39 is 0 Å². The van der Waals surface area contributed by atoms with Crippen LogP contribution < -0.4 is 0 Å². The van der Waals surface area contributed by atoms with E-state index in [9.17, 15) is 9.18 Å². The maximum atomic E-state index is 13.7. The fraction of sp³-hybridized carbons (Fsp3) is 0.250. The molecule has 5 rings (SSSR count). The molecule has 1 aliphatic carbocycles. The molecular weight excluding hydrogens is 401 g/mol. The smallest absolute Gasteiger partial charge is 0.170 e. The van der Waals surface area contributed by atoms with Gasteiger partial charge in [0.15, 0.2) is 5.78 Å². The summed E-state index contributed by atoms with van der Waals surface area (Å²) in [7, 11) is 0. The molecule has 30 heavy (non-hydrogen) atoms. The lowest BCUT2D eigenvalue weighted by Gasteiger charge is -2.15. The highest BCUT2D eigenvalue weighted by atomic mass is 35.5. The third-order valence-corrected chi connectivity index (χ3v) is 5.98. The van der Waals surface area contributed by atoms with E-state index in [1.54, 1.807) is 18.3 Å². The van der Waals surface area contributed by atoms with E-state index in [1.165, 1.54) is 12.1 Å². The second kappa shape index (κ2) is 8.07. The Morgan fingerprint density at radius 3 is 2.63 bits per heavy atom. The van der Waals surface area contributed by atoms with Gasteiger partial charge in [0.25, 0.3) is 0 Å². The van der Waals surface area contributed by atoms with Crippen LogP contribution in [0, 0.1) is 18.7 Å². The lowest BCUT2D eigenvalue weighted by Crippen LogP contribution is -2.20. The molecule has 4 nitrogen and oxygen atoms in total. The monoisotopic (exact) mass is 423 g/mol. The van der Waals surface area contributed by atoms with Crippen LogP contribution in [0.5, 0.6) is 0 Å². The average molecular weight is 424 g/mol. The minimum atomic E-state index is -0.261. The van der Waals surface area contributed by atoms with Crippen molar-refractivity contribution in [3.05, 3.63) is 83.8 Å². The molecule has 4 aromatic rings. The number of rotatable bonds is 3. The molecule has 0 aliphatic heterocycles. The molecule has 1 aliphatic rings. The van der Waals surface area contributed by atoms with Crippen molar-refractivity contribution in [1.29, 1.82) is 0 Å². The summed E-state index contributed by atoms with van der Waals surface area (Å²) >= 11 is 0. The van der Waals surface area contributed by atoms with Gasteiger partial charge in [0.1, 0.15) is 11.6 Å². The zero-order chi connectivity index (χ0) is 20.0. The van der Waals surface area contributed by atoms with E-state index in [-0.39, 0.29) is 29.9 Å². The second-order valence-electron chi connectivity index (χ2n) is 7.73. The van der Waals surface area contributed by atoms with Crippen molar-refractivity contribution in [3.63, 3.8) is 0 Å². The van der Waals surface area contributed by atoms with Gasteiger partial charge in [-0.2, -0.15) is 0 Å². The maximum absolute atomic E-state index is 13.7. The van der Waals surface area contributed by atoms with E-state index in [4.69, 9.17) is 0 Å². The SMILES string of the molecule is Cc1nccn1CC1CCCc2c(c3ccccc3n2-c2ccc(F)cc2)C1=O.Cl. The van der Waals surface area contributed by atoms with Crippen molar-refractivity contribution in [3.8, 4) is 5.69 Å². The van der Waals surface area contributed by atoms with Crippen LogP contribution in [-0.2, 0) is 13.0 Å². The highest BCUT2D eigenvalue weighted by Gasteiger charge is 2.31. The summed E-state index contributed by atoms with van der Waals surface area (Å²) in [5.74, 6) is 0.790. The third kappa shape index (κ3) is 3.33. The fourth-order valence-electron chi connectivity index (χ4n) is 4.55. The molecule has 2 aromatic heterocycles. The first-order valence-corrected chi connectivity index (χ1v) is 10.0. The van der Waals surface area contributed by atoms with Crippen LogP contribution >= 0.6 is 12.4 Å². The summed E-state index contributed by atoms with van der Waals surface area (Å²) < 4.78 is 17.7. The Labute approximate surface area is 180 Å². The predicted octanol–water partition coefficient (Wildman–Crippen LogP) is 5.53. The van der Waals surface area contributed by atoms with Crippen LogP contribution in [-0.4, -0.2) is 19.9 Å². The molecule has 2 heterocycles. The molecular formula is C24H23ClFN3O. The molecule has 6 heteroatoms. The number of para-hydroxylation sites is 1. The molecule has 0 amide bonds. The number of ketones is 1. The van der Waals surface area contributed by atoms with E-state index in [0.29, 0.717) is 6.54 Å². The maximum Gasteiger partial charge on any atom is 0.170 e. The summed E-state index contributed by atoms with van der Waals surface area (Å²) in [5.41, 5.74) is 3.75. The number of aromatic nitrogens is 3. The van der Waals surface area contributed by atoms with Crippen LogP contribution in [0.4, 0.5) is 4.39 Å². The van der Waals surface area contributed by atoms with Crippen molar-refractivity contribution in [2.45, 2.75) is 32.7 Å². The van der Waals surface area contributed by atoms with E-state index in [2.05, 4.69) is 14.1 Å². The number of fused-ring (bicyclic) bond motifs is 3. The number of aryl methyl sites for hydroxylation is 1. The van der Waals surface area contributed by atoms with Gasteiger partial charge in [-0.05, 0) is 56.5 Å². The van der Waals surface area contributed by atoms with E-state index in [0.717, 1.165) is 52.9 Å². The van der Waals surface area contributed by atoms with Gasteiger partial charge < -0.3 is 9.13 Å². The highest BCUT2D eigenvalue weighted by molar-refractivity contribution is 6.11. The number of Topliss-reactive ketones (excluding diaryl/α,β-unsaturated/α-hetero) is 1. The largest absolute Gasteiger partial charge is 0.334 e. The topological polar surface area (TPSA) is 39.8 Å². The van der Waals surface area contributed by atoms with E-state index in [1.807, 2.05) is 37.4 Å². The lowest BCUT2D eigenvalue weighted by atomic mass is 9.94. The summed E-state index contributed by atoms with van der Waals surface area (Å²) in [5, 5.41) is 0.978. The number of nitrogens with zero attached hydrogens (tertiary/aromatic N) is 3. The molecule has 0 saturated carbocycles. The summed E-state index contributed by atoms with van der Waals surface area (Å²) in [6, 6.07) is 14.5. The fourth-order valence-corrected chi connectivity index (χ4v) is 4.55. The van der Waals surface area contributed by atoms with Crippen molar-refractivity contribution < 1.29 is 9.18 Å². The summed E-state index contributed by atoms with van der Waals surface area (Å²) in [4.78, 5) is 18.0. The average Bonchev–Trinajstić information content (AvgIpc) is 3.23. The van der Waals surface area contributed by atoms with Gasteiger partial charge in [0.05, 0.1) is 5.52 Å². The van der Waals surface area contributed by atoms with Crippen LogP contribution in [0.25, 0.3) is 16.6 Å². The Kier molecular flexibility index (Phi) is 5.48. The van der Waals surface area contributed by atoms with Gasteiger partial charge >= 0.3 is 0 Å². The first-order valence-electron chi connectivity index (χ1n) is 10.0. The number of carbonyl (C=O) groups excluding carboxylic acids is 1. The molecule has 0 saturated heterocycles. The zero-order valence-corrected chi connectivity index (χ0v) is 17.5. The van der Waals surface area contributed by atoms with Crippen LogP contribution in [0.15, 0.2) is 60.9 Å². The third-order valence-electron chi connectivity index (χ3n) is 5.98. The van der Waals surface area contributed by atoms with Gasteiger partial charge in [-0.3, -0.25) is 4.79 Å². The molecule has 1 unspecified atom stereocenters. The van der Waals surface area contributed by atoms with Crippen molar-refractivity contribution >= 4 is 29.1 Å². The Balaban J connectivity index is 0.00000218. The molecule has 154 valence electrons. The number of hydrogen-bond acceptors (Lipinski definition) is 2. The molecule has 0 radical (unpaired) electrons. The first kappa shape index (κ1) is 20.4. The van der Waals surface area contributed by atoms with Gasteiger partial charge in [-0.15, -0.1) is 12.4 Å². The van der Waals surface area contributed by atoms with Crippen molar-refractivity contribution in [2.24, 2.45) is 5.92 Å². The Morgan fingerprint density at radius 1 is 1.13 bits per heavy atom. The Hall–Kier alpha value is -2.92. The minimum absolute atomic E-state index is 0. The van der Waals surface area contributed by atoms with Crippen LogP contribution in [0.2, 0.25) is 0 Å². The standard InChI is InChI=1S/C24H22FN3O.ClH/c1-16-26-13-14-27(16)15-17-5-4-8-22-23(24(17)29)20-6-2-3-7-21(20)28(22)19-11-9-18(25)10-12-19;/h2-3,6-7,9-14,17H,4-5,8,15H2,1H3;1H. The molecule has 0 spiro atoms. The first-order chi connectivity index (χ1) is 14.1. The van der Waals surface area contributed by atoms with Gasteiger partial charge in [0, 0.05) is 47.2 Å². The number of benzene rings is 2. The summed E-state index contributed by atoms with van der Waals surface area (Å²) in [6.07, 6.45) is 6.34. The molecule has 1 atom stereocenters. The van der Waals surface area contributed by atoms with Crippen molar-refractivity contribution in [1.82, 2.24) is 14.1 Å². The van der Waals surface area contributed by atoms with E-state index >= 15 is 0 Å². The van der Waals surface area contributed by atoms with Gasteiger partial charge in [-0.1, -0.05) is 18.2 Å². The second-order valence-corrected chi connectivity index (χ2v) is 7.73. The molecule has 0 N–H and O–H groups in total. The van der Waals surface area contributed by atoms with Crippen LogP contribution in [0.1, 0.15) is 34.7 Å². The number of hydrogen-bond donors (Lipinski definition) is 0. The number of carbonyl (C=O) groups is 1. The Bertz CT molecular complexity index is 1210. The lowest BCUT2D eigenvalue weighted by molar-refractivity contribution is 0.0903. The van der Waals surface area contributed by atoms with Gasteiger partial charge in [-0.25, -0.2) is 9.37 Å². The predicted molar refractivity (Wildman–Crippen MR) is 118 cm³/mol. The highest BCUT2D eigenvalue weighted by Crippen LogP contribution is 2.36. The summed E-state index contributed by atoms with van der Waals surface area (Å²) in [6.45, 7) is 2.62. The Morgan fingerprint density at radius 2 is 1.90 bits per heavy atom. The normalized spacial score (nSPS) is 16.2. The number of halogens is 2. The quantitative estimate of drug-likeness (QED) is 0.406. The van der Waals surface area contributed by atoms with Crippen LogP contribution in [0.3, 0.4) is 0 Å². The minimum Gasteiger partial charge on any atom is -0.334 e. The zero-order valence-electron chi connectivity index (χ0n) is 16.7. The molecule has 0 fully saturated rings.